The fraction of sp³-hybridized carbons (Fsp3) is 0.778. The number of amides is 1. The largest absolute Gasteiger partial charge is 0.273 e. The summed E-state index contributed by atoms with van der Waals surface area (Å²) in [5.74, 6) is 0.113. The smallest absolute Gasteiger partial charge is 0.245 e. The third-order valence-electron chi connectivity index (χ3n) is 4.58. The molecule has 20 heavy (non-hydrogen) atoms. The van der Waals surface area contributed by atoms with E-state index in [1.54, 1.807) is 5.57 Å². The van der Waals surface area contributed by atoms with Crippen molar-refractivity contribution < 1.29 is 4.79 Å². The van der Waals surface area contributed by atoms with Crippen LogP contribution in [0.25, 0.3) is 0 Å². The lowest BCUT2D eigenvalue weighted by Gasteiger charge is -2.14. The molecule has 0 unspecified atom stereocenters. The standard InChI is InChI=1S/C18H29NO/c1-2-3-5-10-15-11-6-4-7-12-16(15)17-13-8-9-14-18(20)19-17/h2-14H2,1H3. The van der Waals surface area contributed by atoms with Crippen molar-refractivity contribution in [2.45, 2.75) is 90.4 Å². The van der Waals surface area contributed by atoms with Crippen LogP contribution in [0.1, 0.15) is 90.4 Å². The van der Waals surface area contributed by atoms with Crippen molar-refractivity contribution in [1.82, 2.24) is 0 Å². The molecule has 0 N–H and O–H groups in total. The Morgan fingerprint density at radius 1 is 0.900 bits per heavy atom. The highest BCUT2D eigenvalue weighted by molar-refractivity contribution is 6.07. The number of aliphatic imine (C=N–C) groups is 1. The molecule has 0 spiro atoms. The van der Waals surface area contributed by atoms with Gasteiger partial charge in [-0.3, -0.25) is 4.79 Å². The number of rotatable bonds is 5. The van der Waals surface area contributed by atoms with E-state index in [1.165, 1.54) is 56.9 Å². The van der Waals surface area contributed by atoms with Crippen molar-refractivity contribution in [1.29, 1.82) is 0 Å². The maximum absolute atomic E-state index is 11.8. The molecule has 2 aliphatic rings. The van der Waals surface area contributed by atoms with Gasteiger partial charge >= 0.3 is 0 Å². The third-order valence-corrected chi connectivity index (χ3v) is 4.58. The number of carbonyl (C=O) groups is 1. The molecule has 0 bridgehead atoms. The van der Waals surface area contributed by atoms with Gasteiger partial charge in [-0.1, -0.05) is 31.8 Å². The van der Waals surface area contributed by atoms with Crippen molar-refractivity contribution in [2.75, 3.05) is 0 Å². The fourth-order valence-electron chi connectivity index (χ4n) is 3.41. The minimum Gasteiger partial charge on any atom is -0.273 e. The Bertz CT molecular complexity index is 392. The summed E-state index contributed by atoms with van der Waals surface area (Å²) in [5, 5.41) is 0. The van der Waals surface area contributed by atoms with Crippen LogP contribution in [0, 0.1) is 0 Å². The lowest BCUT2D eigenvalue weighted by Crippen LogP contribution is -2.07. The van der Waals surface area contributed by atoms with Gasteiger partial charge in [-0.15, -0.1) is 0 Å². The number of carbonyl (C=O) groups excluding carboxylic acids is 1. The summed E-state index contributed by atoms with van der Waals surface area (Å²) in [5.41, 5.74) is 4.26. The maximum atomic E-state index is 11.8. The number of allylic oxidation sites excluding steroid dienone is 2. The summed E-state index contributed by atoms with van der Waals surface area (Å²) in [6.07, 6.45) is 15.3. The second kappa shape index (κ2) is 8.39. The Balaban J connectivity index is 2.17. The van der Waals surface area contributed by atoms with E-state index in [0.29, 0.717) is 6.42 Å². The summed E-state index contributed by atoms with van der Waals surface area (Å²) in [6, 6.07) is 0. The van der Waals surface area contributed by atoms with E-state index in [9.17, 15) is 4.79 Å². The molecule has 0 aromatic rings. The Morgan fingerprint density at radius 2 is 1.65 bits per heavy atom. The van der Waals surface area contributed by atoms with E-state index in [-0.39, 0.29) is 5.91 Å². The molecule has 112 valence electrons. The van der Waals surface area contributed by atoms with Gasteiger partial charge in [0.15, 0.2) is 0 Å². The predicted octanol–water partition coefficient (Wildman–Crippen LogP) is 5.37. The topological polar surface area (TPSA) is 29.4 Å². The van der Waals surface area contributed by atoms with Gasteiger partial charge in [-0.05, 0) is 63.4 Å². The van der Waals surface area contributed by atoms with Gasteiger partial charge in [0, 0.05) is 12.1 Å². The Hall–Kier alpha value is -0.920. The van der Waals surface area contributed by atoms with Crippen molar-refractivity contribution >= 4 is 11.6 Å². The Morgan fingerprint density at radius 3 is 2.50 bits per heavy atom. The summed E-state index contributed by atoms with van der Waals surface area (Å²) >= 11 is 0. The first-order chi connectivity index (χ1) is 9.81. The monoisotopic (exact) mass is 275 g/mol. The van der Waals surface area contributed by atoms with E-state index in [2.05, 4.69) is 11.9 Å². The lowest BCUT2D eigenvalue weighted by molar-refractivity contribution is -0.117. The Kier molecular flexibility index (Phi) is 6.49. The van der Waals surface area contributed by atoms with Gasteiger partial charge in [0.2, 0.25) is 5.91 Å². The van der Waals surface area contributed by atoms with Gasteiger partial charge < -0.3 is 0 Å². The van der Waals surface area contributed by atoms with Crippen molar-refractivity contribution in [3.05, 3.63) is 11.1 Å². The molecule has 1 amide bonds. The first kappa shape index (κ1) is 15.5. The Labute approximate surface area is 123 Å². The van der Waals surface area contributed by atoms with Crippen molar-refractivity contribution in [2.24, 2.45) is 4.99 Å². The summed E-state index contributed by atoms with van der Waals surface area (Å²) in [4.78, 5) is 16.2. The van der Waals surface area contributed by atoms with Gasteiger partial charge in [-0.25, -0.2) is 4.99 Å². The zero-order valence-electron chi connectivity index (χ0n) is 13.0. The third kappa shape index (κ3) is 4.57. The number of hydrogen-bond acceptors (Lipinski definition) is 1. The summed E-state index contributed by atoms with van der Waals surface area (Å²) in [7, 11) is 0. The molecule has 0 atom stereocenters. The maximum Gasteiger partial charge on any atom is 0.245 e. The highest BCUT2D eigenvalue weighted by Crippen LogP contribution is 2.30. The lowest BCUT2D eigenvalue weighted by atomic mass is 9.92. The van der Waals surface area contributed by atoms with E-state index in [0.717, 1.165) is 31.4 Å². The first-order valence-corrected chi connectivity index (χ1v) is 8.63. The molecule has 0 aromatic heterocycles. The molecule has 1 aliphatic heterocycles. The van der Waals surface area contributed by atoms with Crippen molar-refractivity contribution in [3.8, 4) is 0 Å². The number of hydrogen-bond donors (Lipinski definition) is 0. The van der Waals surface area contributed by atoms with Crippen LogP contribution in [0.15, 0.2) is 16.1 Å². The molecule has 0 saturated carbocycles. The van der Waals surface area contributed by atoms with E-state index < -0.39 is 0 Å². The fourth-order valence-corrected chi connectivity index (χ4v) is 3.41. The molecule has 1 heterocycles. The zero-order valence-corrected chi connectivity index (χ0v) is 13.0. The molecule has 0 aromatic carbocycles. The molecular weight excluding hydrogens is 246 g/mol. The molecule has 0 radical (unpaired) electrons. The minimum absolute atomic E-state index is 0.113. The summed E-state index contributed by atoms with van der Waals surface area (Å²) in [6.45, 7) is 2.26. The van der Waals surface area contributed by atoms with Crippen LogP contribution < -0.4 is 0 Å². The number of unbranched alkanes of at least 4 members (excludes halogenated alkanes) is 2. The molecule has 0 fully saturated rings. The number of nitrogens with zero attached hydrogens (tertiary/aromatic N) is 1. The molecular formula is C18H29NO. The second-order valence-corrected chi connectivity index (χ2v) is 6.26. The van der Waals surface area contributed by atoms with Gasteiger partial charge in [0.05, 0.1) is 0 Å². The van der Waals surface area contributed by atoms with Gasteiger partial charge in [0.1, 0.15) is 0 Å². The first-order valence-electron chi connectivity index (χ1n) is 8.63. The predicted molar refractivity (Wildman–Crippen MR) is 85.2 cm³/mol. The van der Waals surface area contributed by atoms with Crippen LogP contribution in [0.4, 0.5) is 0 Å². The highest BCUT2D eigenvalue weighted by atomic mass is 16.1. The van der Waals surface area contributed by atoms with Gasteiger partial charge in [0.25, 0.3) is 0 Å². The van der Waals surface area contributed by atoms with E-state index in [1.807, 2.05) is 0 Å². The average Bonchev–Trinajstić information content (AvgIpc) is 2.79. The summed E-state index contributed by atoms with van der Waals surface area (Å²) < 4.78 is 0. The molecule has 2 heteroatoms. The van der Waals surface area contributed by atoms with Crippen LogP contribution in [0.2, 0.25) is 0 Å². The van der Waals surface area contributed by atoms with Crippen LogP contribution in [0.3, 0.4) is 0 Å². The van der Waals surface area contributed by atoms with E-state index >= 15 is 0 Å². The zero-order chi connectivity index (χ0) is 14.2. The SMILES string of the molecule is CCCCCC1=C(C2=NC(=O)CCCC2)CCCCC1. The minimum atomic E-state index is 0.113. The van der Waals surface area contributed by atoms with Crippen LogP contribution in [-0.4, -0.2) is 11.6 Å². The van der Waals surface area contributed by atoms with Gasteiger partial charge in [-0.2, -0.15) is 0 Å². The quantitative estimate of drug-likeness (QED) is 0.620. The van der Waals surface area contributed by atoms with E-state index in [4.69, 9.17) is 0 Å². The van der Waals surface area contributed by atoms with Crippen LogP contribution in [0.5, 0.6) is 0 Å². The van der Waals surface area contributed by atoms with Crippen LogP contribution in [-0.2, 0) is 4.79 Å². The second-order valence-electron chi connectivity index (χ2n) is 6.26. The van der Waals surface area contributed by atoms with Crippen molar-refractivity contribution in [3.63, 3.8) is 0 Å². The molecule has 0 saturated heterocycles. The molecule has 1 aliphatic carbocycles. The normalized spacial score (nSPS) is 21.4. The molecule has 2 nitrogen and oxygen atoms in total. The highest BCUT2D eigenvalue weighted by Gasteiger charge is 2.18. The van der Waals surface area contributed by atoms with Crippen LogP contribution >= 0.6 is 0 Å². The molecule has 2 rings (SSSR count). The average molecular weight is 275 g/mol.